The first-order valence-corrected chi connectivity index (χ1v) is 8.31. The predicted octanol–water partition coefficient (Wildman–Crippen LogP) is 1.59. The van der Waals surface area contributed by atoms with E-state index in [0.29, 0.717) is 0 Å². The van der Waals surface area contributed by atoms with Crippen LogP contribution >= 0.6 is 11.3 Å². The van der Waals surface area contributed by atoms with Crippen LogP contribution in [0.3, 0.4) is 0 Å². The molecule has 4 nitrogen and oxygen atoms in total. The molecule has 1 aliphatic rings. The molecule has 5 heteroatoms. The number of anilines is 1. The summed E-state index contributed by atoms with van der Waals surface area (Å²) < 4.78 is 0. The fraction of sp³-hybridized carbons (Fsp3) is 0.500. The second-order valence-corrected chi connectivity index (χ2v) is 7.23. The summed E-state index contributed by atoms with van der Waals surface area (Å²) >= 11 is 1.77. The Bertz CT molecular complexity index is 668. The minimum Gasteiger partial charge on any atom is -0.345 e. The van der Waals surface area contributed by atoms with Gasteiger partial charge in [-0.15, -0.1) is 11.3 Å². The number of hydrogen-bond acceptors (Lipinski definition) is 4. The Labute approximate surface area is 130 Å². The molecule has 1 fully saturated rings. The maximum absolute atomic E-state index is 4.59. The number of aryl methyl sites for hydroxylation is 2. The number of nitrogens with one attached hydrogen (secondary N) is 1. The van der Waals surface area contributed by atoms with Crippen molar-refractivity contribution in [1.82, 2.24) is 9.97 Å². The lowest BCUT2D eigenvalue weighted by Gasteiger charge is -2.33. The Hall–Kier alpha value is -1.46. The van der Waals surface area contributed by atoms with Crippen molar-refractivity contribution < 1.29 is 4.90 Å². The fourth-order valence-electron chi connectivity index (χ4n) is 3.04. The second kappa shape index (κ2) is 5.73. The van der Waals surface area contributed by atoms with Gasteiger partial charge in [0.2, 0.25) is 0 Å². The summed E-state index contributed by atoms with van der Waals surface area (Å²) in [6, 6.07) is 0. The third-order valence-corrected chi connectivity index (χ3v) is 5.38. The molecule has 1 aliphatic heterocycles. The van der Waals surface area contributed by atoms with Crippen molar-refractivity contribution in [3.63, 3.8) is 0 Å². The number of nitrogens with zero attached hydrogens (tertiary/aromatic N) is 3. The quantitative estimate of drug-likeness (QED) is 0.874. The van der Waals surface area contributed by atoms with Gasteiger partial charge in [-0.2, -0.15) is 0 Å². The third kappa shape index (κ3) is 2.80. The Morgan fingerprint density at radius 2 is 2.05 bits per heavy atom. The third-order valence-electron chi connectivity index (χ3n) is 4.27. The summed E-state index contributed by atoms with van der Waals surface area (Å²) in [4.78, 5) is 15.5. The topological polar surface area (TPSA) is 33.5 Å². The Morgan fingerprint density at radius 1 is 1.33 bits per heavy atom. The van der Waals surface area contributed by atoms with E-state index >= 15 is 0 Å². The van der Waals surface area contributed by atoms with Gasteiger partial charge >= 0.3 is 0 Å². The van der Waals surface area contributed by atoms with Gasteiger partial charge < -0.3 is 9.80 Å². The first-order valence-electron chi connectivity index (χ1n) is 7.50. The van der Waals surface area contributed by atoms with E-state index in [1.54, 1.807) is 22.6 Å². The maximum Gasteiger partial charge on any atom is 0.141 e. The first-order chi connectivity index (χ1) is 10.1. The standard InChI is InChI=1S/C16H22N4S/c1-11(2)9-19-5-7-20(8-6-19)15-14-12(3)13(4)21-16(14)18-10-17-15/h10H,1,5-9H2,2-4H3/p+1. The molecular weight excluding hydrogens is 280 g/mol. The highest BCUT2D eigenvalue weighted by Gasteiger charge is 2.23. The van der Waals surface area contributed by atoms with E-state index in [0.717, 1.165) is 43.4 Å². The van der Waals surface area contributed by atoms with Crippen molar-refractivity contribution in [3.8, 4) is 0 Å². The van der Waals surface area contributed by atoms with Crippen molar-refractivity contribution in [3.05, 3.63) is 28.9 Å². The molecule has 1 saturated heterocycles. The lowest BCUT2D eigenvalue weighted by atomic mass is 10.2. The molecule has 0 spiro atoms. The van der Waals surface area contributed by atoms with Crippen molar-refractivity contribution in [2.24, 2.45) is 0 Å². The van der Waals surface area contributed by atoms with Crippen molar-refractivity contribution in [2.75, 3.05) is 37.6 Å². The van der Waals surface area contributed by atoms with Crippen LogP contribution in [-0.2, 0) is 0 Å². The molecule has 0 atom stereocenters. The Kier molecular flexibility index (Phi) is 3.95. The minimum atomic E-state index is 1.06. The number of piperazine rings is 1. The molecule has 0 unspecified atom stereocenters. The first kappa shape index (κ1) is 14.5. The Balaban J connectivity index is 1.84. The normalized spacial score (nSPS) is 16.6. The Morgan fingerprint density at radius 3 is 2.71 bits per heavy atom. The van der Waals surface area contributed by atoms with Crippen LogP contribution in [0.1, 0.15) is 17.4 Å². The van der Waals surface area contributed by atoms with Gasteiger partial charge in [-0.3, -0.25) is 0 Å². The molecular formula is C16H23N4S+. The molecule has 21 heavy (non-hydrogen) atoms. The second-order valence-electron chi connectivity index (χ2n) is 6.03. The van der Waals surface area contributed by atoms with Gasteiger partial charge in [-0.1, -0.05) is 6.58 Å². The van der Waals surface area contributed by atoms with Gasteiger partial charge in [0.15, 0.2) is 0 Å². The number of hydrogen-bond donors (Lipinski definition) is 1. The van der Waals surface area contributed by atoms with E-state index in [4.69, 9.17) is 0 Å². The zero-order valence-electron chi connectivity index (χ0n) is 13.1. The van der Waals surface area contributed by atoms with Crippen LogP contribution in [-0.4, -0.2) is 42.7 Å². The highest BCUT2D eigenvalue weighted by atomic mass is 32.1. The number of rotatable bonds is 3. The molecule has 3 rings (SSSR count). The molecule has 2 aromatic heterocycles. The minimum absolute atomic E-state index is 1.06. The van der Waals surface area contributed by atoms with E-state index in [9.17, 15) is 0 Å². The van der Waals surface area contributed by atoms with Gasteiger partial charge in [0, 0.05) is 4.88 Å². The van der Waals surface area contributed by atoms with Gasteiger partial charge in [0.25, 0.3) is 0 Å². The predicted molar refractivity (Wildman–Crippen MR) is 89.5 cm³/mol. The number of quaternary nitrogens is 1. The van der Waals surface area contributed by atoms with Crippen LogP contribution < -0.4 is 9.80 Å². The molecule has 3 heterocycles. The van der Waals surface area contributed by atoms with Crippen molar-refractivity contribution in [2.45, 2.75) is 20.8 Å². The SMILES string of the molecule is C=C(C)C[NH+]1CCN(c2ncnc3sc(C)c(C)c23)CC1. The van der Waals surface area contributed by atoms with Gasteiger partial charge in [-0.25, -0.2) is 9.97 Å². The lowest BCUT2D eigenvalue weighted by Crippen LogP contribution is -3.15. The molecule has 0 bridgehead atoms. The number of thiophene rings is 1. The van der Waals surface area contributed by atoms with Gasteiger partial charge in [0.05, 0.1) is 38.1 Å². The monoisotopic (exact) mass is 303 g/mol. The summed E-state index contributed by atoms with van der Waals surface area (Å²) in [6.07, 6.45) is 1.71. The van der Waals surface area contributed by atoms with Crippen LogP contribution in [0.2, 0.25) is 0 Å². The van der Waals surface area contributed by atoms with Crippen LogP contribution in [0.15, 0.2) is 18.5 Å². The summed E-state index contributed by atoms with van der Waals surface area (Å²) in [7, 11) is 0. The van der Waals surface area contributed by atoms with Gasteiger partial charge in [-0.05, 0) is 31.9 Å². The molecule has 0 saturated carbocycles. The summed E-state index contributed by atoms with van der Waals surface area (Å²) in [6.45, 7) is 16.0. The molecule has 2 aromatic rings. The van der Waals surface area contributed by atoms with E-state index in [-0.39, 0.29) is 0 Å². The highest BCUT2D eigenvalue weighted by Crippen LogP contribution is 2.34. The van der Waals surface area contributed by atoms with Gasteiger partial charge in [0.1, 0.15) is 17.0 Å². The molecule has 112 valence electrons. The van der Waals surface area contributed by atoms with E-state index in [1.165, 1.54) is 21.4 Å². The molecule has 0 radical (unpaired) electrons. The lowest BCUT2D eigenvalue weighted by molar-refractivity contribution is -0.895. The largest absolute Gasteiger partial charge is 0.345 e. The average molecular weight is 303 g/mol. The van der Waals surface area contributed by atoms with Crippen LogP contribution in [0.5, 0.6) is 0 Å². The summed E-state index contributed by atoms with van der Waals surface area (Å²) in [5, 5.41) is 1.25. The van der Waals surface area contributed by atoms with Crippen LogP contribution in [0.4, 0.5) is 5.82 Å². The molecule has 0 aromatic carbocycles. The summed E-state index contributed by atoms with van der Waals surface area (Å²) in [5.41, 5.74) is 2.61. The smallest absolute Gasteiger partial charge is 0.141 e. The highest BCUT2D eigenvalue weighted by molar-refractivity contribution is 7.18. The van der Waals surface area contributed by atoms with Crippen LogP contribution in [0.25, 0.3) is 10.2 Å². The molecule has 1 N–H and O–H groups in total. The molecule has 0 amide bonds. The van der Waals surface area contributed by atoms with Crippen molar-refractivity contribution in [1.29, 1.82) is 0 Å². The van der Waals surface area contributed by atoms with Crippen LogP contribution in [0, 0.1) is 13.8 Å². The number of aromatic nitrogens is 2. The van der Waals surface area contributed by atoms with Crippen molar-refractivity contribution >= 4 is 27.4 Å². The maximum atomic E-state index is 4.59. The summed E-state index contributed by atoms with van der Waals surface area (Å²) in [5.74, 6) is 1.12. The molecule has 0 aliphatic carbocycles. The van der Waals surface area contributed by atoms with E-state index < -0.39 is 0 Å². The average Bonchev–Trinajstić information content (AvgIpc) is 2.74. The zero-order chi connectivity index (χ0) is 15.0. The zero-order valence-corrected chi connectivity index (χ0v) is 13.9. The number of fused-ring (bicyclic) bond motifs is 1. The van der Waals surface area contributed by atoms with E-state index in [2.05, 4.69) is 42.2 Å². The fourth-order valence-corrected chi connectivity index (χ4v) is 4.03. The van der Waals surface area contributed by atoms with E-state index in [1.807, 2.05) is 0 Å².